The smallest absolute Gasteiger partial charge is 0.307 e. The van der Waals surface area contributed by atoms with Crippen LogP contribution in [0.2, 0.25) is 0 Å². The molecule has 2 aromatic carbocycles. The van der Waals surface area contributed by atoms with E-state index in [1.54, 1.807) is 30.1 Å². The van der Waals surface area contributed by atoms with E-state index in [0.29, 0.717) is 29.2 Å². The maximum absolute atomic E-state index is 13.0. The summed E-state index contributed by atoms with van der Waals surface area (Å²) in [5.74, 6) is 0.0956. The number of aryl methyl sites for hydroxylation is 1. The molecule has 0 radical (unpaired) electrons. The fraction of sp³-hybridized carbons (Fsp3) is 0.300. The Kier molecular flexibility index (Phi) is 5.29. The van der Waals surface area contributed by atoms with E-state index in [1.807, 2.05) is 0 Å². The molecule has 0 spiro atoms. The van der Waals surface area contributed by atoms with Crippen molar-refractivity contribution in [3.8, 4) is 5.75 Å². The fourth-order valence-corrected chi connectivity index (χ4v) is 5.52. The molecule has 1 fully saturated rings. The lowest BCUT2D eigenvalue weighted by molar-refractivity contribution is 0.0789. The van der Waals surface area contributed by atoms with Gasteiger partial charge in [-0.05, 0) is 49.2 Å². The molecule has 0 bridgehead atoms. The second-order valence-corrected chi connectivity index (χ2v) is 9.75. The highest BCUT2D eigenvalue weighted by Crippen LogP contribution is 2.28. The van der Waals surface area contributed by atoms with Crippen LogP contribution >= 0.6 is 11.3 Å². The number of ether oxygens (including phenoxy) is 1. The largest absolute Gasteiger partial charge is 0.496 e. The zero-order valence-electron chi connectivity index (χ0n) is 16.5. The average Bonchev–Trinajstić information content (AvgIpc) is 3.35. The van der Waals surface area contributed by atoms with Crippen molar-refractivity contribution in [1.82, 2.24) is 9.47 Å². The average molecular weight is 448 g/mol. The van der Waals surface area contributed by atoms with Gasteiger partial charge in [-0.15, -0.1) is 0 Å². The van der Waals surface area contributed by atoms with E-state index in [-0.39, 0.29) is 21.2 Å². The Morgan fingerprint density at radius 2 is 1.87 bits per heavy atom. The van der Waals surface area contributed by atoms with E-state index < -0.39 is 10.0 Å². The van der Waals surface area contributed by atoms with Gasteiger partial charge < -0.3 is 14.2 Å². The van der Waals surface area contributed by atoms with Crippen LogP contribution in [-0.4, -0.2) is 44.0 Å². The summed E-state index contributed by atoms with van der Waals surface area (Å²) in [7, 11) is -0.831. The number of sulfonamides is 1. The molecule has 0 aliphatic carbocycles. The number of methoxy groups -OCH3 is 1. The Hall–Kier alpha value is -2.85. The van der Waals surface area contributed by atoms with Crippen molar-refractivity contribution in [3.63, 3.8) is 0 Å². The molecule has 1 aromatic heterocycles. The summed E-state index contributed by atoms with van der Waals surface area (Å²) in [4.78, 5) is 26.2. The molecular formula is C20H21N3O5S2. The summed E-state index contributed by atoms with van der Waals surface area (Å²) in [5, 5.41) is 0. The predicted octanol–water partition coefficient (Wildman–Crippen LogP) is 2.65. The van der Waals surface area contributed by atoms with Gasteiger partial charge in [-0.1, -0.05) is 11.3 Å². The van der Waals surface area contributed by atoms with Crippen LogP contribution in [0.3, 0.4) is 0 Å². The van der Waals surface area contributed by atoms with Crippen LogP contribution in [0.25, 0.3) is 10.2 Å². The minimum atomic E-state index is -3.95. The van der Waals surface area contributed by atoms with E-state index in [1.165, 1.54) is 29.9 Å². The molecular weight excluding hydrogens is 426 g/mol. The number of hydrogen-bond donors (Lipinski definition) is 1. The number of hydrogen-bond acceptors (Lipinski definition) is 6. The molecule has 1 aliphatic rings. The fourth-order valence-electron chi connectivity index (χ4n) is 3.52. The van der Waals surface area contributed by atoms with Crippen molar-refractivity contribution in [3.05, 3.63) is 51.6 Å². The number of nitrogens with zero attached hydrogens (tertiary/aromatic N) is 2. The molecule has 10 heteroatoms. The second kappa shape index (κ2) is 7.77. The molecule has 8 nitrogen and oxygen atoms in total. The van der Waals surface area contributed by atoms with E-state index in [4.69, 9.17) is 4.74 Å². The minimum absolute atomic E-state index is 0.0350. The molecule has 0 saturated carbocycles. The molecule has 1 N–H and O–H groups in total. The van der Waals surface area contributed by atoms with E-state index in [2.05, 4.69) is 4.72 Å². The number of thiazole rings is 1. The van der Waals surface area contributed by atoms with Crippen molar-refractivity contribution in [1.29, 1.82) is 0 Å². The van der Waals surface area contributed by atoms with Gasteiger partial charge in [-0.3, -0.25) is 14.3 Å². The van der Waals surface area contributed by atoms with Crippen molar-refractivity contribution in [2.45, 2.75) is 17.7 Å². The maximum atomic E-state index is 13.0. The SMILES string of the molecule is COc1ccc(S(=O)(=O)Nc2ccc3c(c2)sc(=O)n3C)cc1C(=O)N1CCCC1. The molecule has 0 unspecified atom stereocenters. The number of aromatic nitrogens is 1. The van der Waals surface area contributed by atoms with Gasteiger partial charge in [0.25, 0.3) is 15.9 Å². The number of rotatable bonds is 5. The lowest BCUT2D eigenvalue weighted by Gasteiger charge is -2.18. The van der Waals surface area contributed by atoms with Crippen molar-refractivity contribution < 1.29 is 17.9 Å². The highest BCUT2D eigenvalue weighted by molar-refractivity contribution is 7.92. The summed E-state index contributed by atoms with van der Waals surface area (Å²) in [6, 6.07) is 9.17. The predicted molar refractivity (Wildman–Crippen MR) is 116 cm³/mol. The van der Waals surface area contributed by atoms with E-state index in [0.717, 1.165) is 29.7 Å². The van der Waals surface area contributed by atoms with Crippen molar-refractivity contribution >= 4 is 43.2 Å². The maximum Gasteiger partial charge on any atom is 0.307 e. The van der Waals surface area contributed by atoms with Crippen LogP contribution in [0.5, 0.6) is 5.75 Å². The van der Waals surface area contributed by atoms with Crippen LogP contribution in [-0.2, 0) is 17.1 Å². The Morgan fingerprint density at radius 3 is 2.57 bits per heavy atom. The molecule has 158 valence electrons. The van der Waals surface area contributed by atoms with Gasteiger partial charge in [-0.25, -0.2) is 8.42 Å². The molecule has 1 amide bonds. The van der Waals surface area contributed by atoms with Crippen LogP contribution in [0, 0.1) is 0 Å². The number of likely N-dealkylation sites (tertiary alicyclic amines) is 1. The normalized spacial score (nSPS) is 14.3. The molecule has 30 heavy (non-hydrogen) atoms. The highest BCUT2D eigenvalue weighted by Gasteiger charge is 2.25. The second-order valence-electron chi connectivity index (χ2n) is 7.08. The number of nitrogens with one attached hydrogen (secondary N) is 1. The number of anilines is 1. The van der Waals surface area contributed by atoms with E-state index >= 15 is 0 Å². The summed E-state index contributed by atoms with van der Waals surface area (Å²) >= 11 is 1.05. The van der Waals surface area contributed by atoms with Crippen LogP contribution in [0.1, 0.15) is 23.2 Å². The molecule has 1 saturated heterocycles. The van der Waals surface area contributed by atoms with Gasteiger partial charge in [0.2, 0.25) is 0 Å². The molecule has 4 rings (SSSR count). The zero-order chi connectivity index (χ0) is 21.5. The number of fused-ring (bicyclic) bond motifs is 1. The first-order chi connectivity index (χ1) is 14.3. The lowest BCUT2D eigenvalue weighted by Crippen LogP contribution is -2.28. The number of amides is 1. The first kappa shape index (κ1) is 20.4. The third kappa shape index (κ3) is 3.68. The minimum Gasteiger partial charge on any atom is -0.496 e. The Morgan fingerprint density at radius 1 is 1.13 bits per heavy atom. The number of carbonyl (C=O) groups excluding carboxylic acids is 1. The first-order valence-electron chi connectivity index (χ1n) is 9.40. The van der Waals surface area contributed by atoms with Gasteiger partial charge in [0, 0.05) is 20.1 Å². The summed E-state index contributed by atoms with van der Waals surface area (Å²) in [5.41, 5.74) is 1.29. The van der Waals surface area contributed by atoms with Crippen molar-refractivity contribution in [2.75, 3.05) is 24.9 Å². The third-order valence-corrected chi connectivity index (χ3v) is 7.52. The summed E-state index contributed by atoms with van der Waals surface area (Å²) in [6.45, 7) is 1.30. The van der Waals surface area contributed by atoms with Gasteiger partial charge in [0.1, 0.15) is 5.75 Å². The number of carbonyl (C=O) groups is 1. The van der Waals surface area contributed by atoms with E-state index in [9.17, 15) is 18.0 Å². The molecule has 2 heterocycles. The monoisotopic (exact) mass is 447 g/mol. The number of benzene rings is 2. The lowest BCUT2D eigenvalue weighted by atomic mass is 10.1. The topological polar surface area (TPSA) is 97.7 Å². The van der Waals surface area contributed by atoms with Crippen LogP contribution in [0.15, 0.2) is 46.1 Å². The molecule has 1 aliphatic heterocycles. The Labute approximate surface area is 177 Å². The first-order valence-corrected chi connectivity index (χ1v) is 11.7. The van der Waals surface area contributed by atoms with Gasteiger partial charge >= 0.3 is 4.87 Å². The standard InChI is InChI=1S/C20H21N3O5S2/c1-22-16-7-5-13(11-18(16)29-20(22)25)21-30(26,27)14-6-8-17(28-2)15(12-14)19(24)23-9-3-4-10-23/h5-8,11-12,21H,3-4,9-10H2,1-2H3. The quantitative estimate of drug-likeness (QED) is 0.649. The summed E-state index contributed by atoms with van der Waals surface area (Å²) in [6.07, 6.45) is 1.86. The Balaban J connectivity index is 1.67. The van der Waals surface area contributed by atoms with Crippen LogP contribution < -0.4 is 14.3 Å². The van der Waals surface area contributed by atoms with Crippen molar-refractivity contribution in [2.24, 2.45) is 7.05 Å². The zero-order valence-corrected chi connectivity index (χ0v) is 18.2. The third-order valence-electron chi connectivity index (χ3n) is 5.15. The highest BCUT2D eigenvalue weighted by atomic mass is 32.2. The van der Waals surface area contributed by atoms with Gasteiger partial charge in [0.05, 0.1) is 33.5 Å². The summed E-state index contributed by atoms with van der Waals surface area (Å²) < 4.78 is 35.9. The van der Waals surface area contributed by atoms with Gasteiger partial charge in [0.15, 0.2) is 0 Å². The molecule has 0 atom stereocenters. The van der Waals surface area contributed by atoms with Gasteiger partial charge in [-0.2, -0.15) is 0 Å². The van der Waals surface area contributed by atoms with Crippen LogP contribution in [0.4, 0.5) is 5.69 Å². The Bertz CT molecular complexity index is 1290. The molecule has 3 aromatic rings.